The summed E-state index contributed by atoms with van der Waals surface area (Å²) in [5.41, 5.74) is 1.15. The third-order valence-corrected chi connectivity index (χ3v) is 5.57. The van der Waals surface area contributed by atoms with Crippen LogP contribution in [0.5, 0.6) is 0 Å². The van der Waals surface area contributed by atoms with Gasteiger partial charge in [0.1, 0.15) is 22.6 Å². The number of Topliss-reactive ketones (excluding diaryl/α,β-unsaturated/α-hetero) is 2. The van der Waals surface area contributed by atoms with Crippen molar-refractivity contribution in [3.63, 3.8) is 0 Å². The molecule has 2 atom stereocenters. The summed E-state index contributed by atoms with van der Waals surface area (Å²) in [6, 6.07) is 5.70. The minimum atomic E-state index is -0.705. The first-order valence-corrected chi connectivity index (χ1v) is 9.12. The van der Waals surface area contributed by atoms with Gasteiger partial charge in [0.25, 0.3) is 0 Å². The summed E-state index contributed by atoms with van der Waals surface area (Å²) in [5, 5.41) is 0. The SMILES string of the molecule is CC=C1C(=S)N(C(C(=O)C2CC2)c2ccccc2F)CCC1C(C)=O. The molecule has 1 aromatic rings. The Hall–Kier alpha value is -1.88. The van der Waals surface area contributed by atoms with Gasteiger partial charge in [0.15, 0.2) is 5.78 Å². The maximum Gasteiger partial charge on any atom is 0.162 e. The molecule has 2 fully saturated rings. The van der Waals surface area contributed by atoms with Crippen molar-refractivity contribution < 1.29 is 14.0 Å². The van der Waals surface area contributed by atoms with Crippen LogP contribution in [0, 0.1) is 17.7 Å². The van der Waals surface area contributed by atoms with E-state index in [0.717, 1.165) is 18.4 Å². The average Bonchev–Trinajstić information content (AvgIpc) is 3.42. The average molecular weight is 359 g/mol. The fraction of sp³-hybridized carbons (Fsp3) is 0.450. The lowest BCUT2D eigenvalue weighted by Crippen LogP contribution is -2.46. The van der Waals surface area contributed by atoms with Crippen molar-refractivity contribution in [1.29, 1.82) is 0 Å². The normalized spacial score (nSPS) is 23.6. The highest BCUT2D eigenvalue weighted by atomic mass is 32.1. The summed E-state index contributed by atoms with van der Waals surface area (Å²) in [4.78, 5) is 27.2. The van der Waals surface area contributed by atoms with Crippen molar-refractivity contribution in [2.45, 2.75) is 39.2 Å². The van der Waals surface area contributed by atoms with Crippen LogP contribution < -0.4 is 0 Å². The van der Waals surface area contributed by atoms with Crippen LogP contribution in [-0.2, 0) is 9.59 Å². The van der Waals surface area contributed by atoms with Crippen LogP contribution in [0.15, 0.2) is 35.9 Å². The molecule has 1 saturated carbocycles. The van der Waals surface area contributed by atoms with E-state index >= 15 is 0 Å². The summed E-state index contributed by atoms with van der Waals surface area (Å²) in [6.07, 6.45) is 4.16. The van der Waals surface area contributed by atoms with Crippen molar-refractivity contribution in [1.82, 2.24) is 4.90 Å². The molecule has 2 aliphatic rings. The zero-order chi connectivity index (χ0) is 18.1. The molecule has 0 radical (unpaired) electrons. The number of hydrogen-bond donors (Lipinski definition) is 0. The molecule has 1 heterocycles. The summed E-state index contributed by atoms with van der Waals surface area (Å²) in [5.74, 6) is -0.520. The highest BCUT2D eigenvalue weighted by Gasteiger charge is 2.43. The molecule has 0 bridgehead atoms. The van der Waals surface area contributed by atoms with Crippen LogP contribution in [0.1, 0.15) is 44.7 Å². The Balaban J connectivity index is 1.99. The molecule has 0 spiro atoms. The molecule has 132 valence electrons. The smallest absolute Gasteiger partial charge is 0.162 e. The zero-order valence-corrected chi connectivity index (χ0v) is 15.3. The van der Waals surface area contributed by atoms with E-state index in [1.807, 2.05) is 17.9 Å². The highest BCUT2D eigenvalue weighted by molar-refractivity contribution is 7.80. The Bertz CT molecular complexity index is 754. The largest absolute Gasteiger partial charge is 0.348 e. The third kappa shape index (κ3) is 3.43. The predicted molar refractivity (Wildman–Crippen MR) is 98.7 cm³/mol. The van der Waals surface area contributed by atoms with E-state index in [4.69, 9.17) is 12.2 Å². The fourth-order valence-corrected chi connectivity index (χ4v) is 4.05. The van der Waals surface area contributed by atoms with Crippen molar-refractivity contribution in [2.75, 3.05) is 6.54 Å². The summed E-state index contributed by atoms with van der Waals surface area (Å²) >= 11 is 5.62. The second kappa shape index (κ2) is 7.16. The molecule has 0 amide bonds. The molecule has 0 N–H and O–H groups in total. The molecule has 5 heteroatoms. The van der Waals surface area contributed by atoms with Crippen LogP contribution in [0.25, 0.3) is 0 Å². The van der Waals surface area contributed by atoms with E-state index in [2.05, 4.69) is 0 Å². The number of piperidine rings is 1. The lowest BCUT2D eigenvalue weighted by molar-refractivity contribution is -0.124. The van der Waals surface area contributed by atoms with E-state index in [9.17, 15) is 14.0 Å². The van der Waals surface area contributed by atoms with Gasteiger partial charge < -0.3 is 4.90 Å². The summed E-state index contributed by atoms with van der Waals surface area (Å²) in [7, 11) is 0. The van der Waals surface area contributed by atoms with Gasteiger partial charge in [-0.25, -0.2) is 4.39 Å². The van der Waals surface area contributed by atoms with Gasteiger partial charge in [0.05, 0.1) is 0 Å². The first-order chi connectivity index (χ1) is 12.0. The molecule has 1 saturated heterocycles. The first-order valence-electron chi connectivity index (χ1n) is 8.71. The molecule has 1 aliphatic carbocycles. The number of carbonyl (C=O) groups is 2. The van der Waals surface area contributed by atoms with Crippen LogP contribution in [-0.4, -0.2) is 28.0 Å². The van der Waals surface area contributed by atoms with Gasteiger partial charge >= 0.3 is 0 Å². The Morgan fingerprint density at radius 2 is 1.96 bits per heavy atom. The predicted octanol–water partition coefficient (Wildman–Crippen LogP) is 4.03. The van der Waals surface area contributed by atoms with Crippen LogP contribution in [0.2, 0.25) is 0 Å². The summed E-state index contributed by atoms with van der Waals surface area (Å²) < 4.78 is 14.5. The van der Waals surface area contributed by atoms with Gasteiger partial charge in [-0.05, 0) is 44.7 Å². The monoisotopic (exact) mass is 359 g/mol. The Morgan fingerprint density at radius 3 is 2.52 bits per heavy atom. The number of hydrogen-bond acceptors (Lipinski definition) is 3. The molecule has 3 nitrogen and oxygen atoms in total. The molecule has 1 aliphatic heterocycles. The third-order valence-electron chi connectivity index (χ3n) is 5.10. The number of likely N-dealkylation sites (tertiary alicyclic amines) is 1. The van der Waals surface area contributed by atoms with Crippen molar-refractivity contribution in [3.8, 4) is 0 Å². The highest BCUT2D eigenvalue weighted by Crippen LogP contribution is 2.40. The van der Waals surface area contributed by atoms with Crippen molar-refractivity contribution in [3.05, 3.63) is 47.3 Å². The number of rotatable bonds is 5. The quantitative estimate of drug-likeness (QED) is 0.588. The standard InChI is InChI=1S/C20H22FNO2S/c1-3-14-15(12(2)23)10-11-22(20(14)25)18(19(24)13-8-9-13)16-6-4-5-7-17(16)21/h3-7,13,15,18H,8-11H2,1-2H3. The van der Waals surface area contributed by atoms with Gasteiger partial charge in [-0.2, -0.15) is 0 Å². The van der Waals surface area contributed by atoms with E-state index in [1.54, 1.807) is 25.1 Å². The molecule has 2 unspecified atom stereocenters. The molecular weight excluding hydrogens is 337 g/mol. The van der Waals surface area contributed by atoms with Crippen LogP contribution >= 0.6 is 12.2 Å². The number of thiocarbonyl (C=S) groups is 1. The molecule has 0 aromatic heterocycles. The topological polar surface area (TPSA) is 37.4 Å². The number of allylic oxidation sites excluding steroid dienone is 1. The van der Waals surface area contributed by atoms with Crippen LogP contribution in [0.3, 0.4) is 0 Å². The fourth-order valence-electron chi connectivity index (χ4n) is 3.60. The molecule has 25 heavy (non-hydrogen) atoms. The van der Waals surface area contributed by atoms with Gasteiger partial charge in [-0.3, -0.25) is 9.59 Å². The van der Waals surface area contributed by atoms with E-state index < -0.39 is 6.04 Å². The second-order valence-corrected chi connectivity index (χ2v) is 7.18. The van der Waals surface area contributed by atoms with Gasteiger partial charge in [0.2, 0.25) is 0 Å². The number of nitrogens with zero attached hydrogens (tertiary/aromatic N) is 1. The maximum atomic E-state index is 14.5. The minimum absolute atomic E-state index is 0.00741. The lowest BCUT2D eigenvalue weighted by Gasteiger charge is -2.40. The Kier molecular flexibility index (Phi) is 5.13. The zero-order valence-electron chi connectivity index (χ0n) is 14.5. The van der Waals surface area contributed by atoms with Crippen LogP contribution in [0.4, 0.5) is 4.39 Å². The second-order valence-electron chi connectivity index (χ2n) is 6.80. The molecular formula is C20H22FNO2S. The van der Waals surface area contributed by atoms with Gasteiger partial charge in [-0.15, -0.1) is 0 Å². The number of ketones is 2. The van der Waals surface area contributed by atoms with E-state index in [0.29, 0.717) is 23.5 Å². The Labute approximate surface area is 152 Å². The first kappa shape index (κ1) is 17.9. The minimum Gasteiger partial charge on any atom is -0.348 e. The van der Waals surface area contributed by atoms with Crippen molar-refractivity contribution >= 4 is 28.8 Å². The molecule has 1 aromatic carbocycles. The number of carbonyl (C=O) groups excluding carboxylic acids is 2. The van der Waals surface area contributed by atoms with E-state index in [-0.39, 0.29) is 29.2 Å². The van der Waals surface area contributed by atoms with Crippen molar-refractivity contribution in [2.24, 2.45) is 11.8 Å². The summed E-state index contributed by atoms with van der Waals surface area (Å²) in [6.45, 7) is 3.90. The number of halogens is 1. The number of benzene rings is 1. The maximum absolute atomic E-state index is 14.5. The van der Waals surface area contributed by atoms with E-state index in [1.165, 1.54) is 6.07 Å². The lowest BCUT2D eigenvalue weighted by atomic mass is 9.85. The van der Waals surface area contributed by atoms with Gasteiger partial charge in [-0.1, -0.05) is 36.5 Å². The van der Waals surface area contributed by atoms with Gasteiger partial charge in [0, 0.05) is 23.9 Å². The molecule has 3 rings (SSSR count). The Morgan fingerprint density at radius 1 is 1.28 bits per heavy atom.